The maximum atomic E-state index is 13.8. The summed E-state index contributed by atoms with van der Waals surface area (Å²) in [7, 11) is 4.36. The normalized spacial score (nSPS) is 11.3. The van der Waals surface area contributed by atoms with E-state index in [4.69, 9.17) is 14.2 Å². The van der Waals surface area contributed by atoms with E-state index >= 15 is 0 Å². The molecule has 1 aromatic heterocycles. The van der Waals surface area contributed by atoms with Crippen LogP contribution < -0.4 is 24.3 Å². The van der Waals surface area contributed by atoms with Crippen molar-refractivity contribution in [2.75, 3.05) is 26.6 Å². The number of hydrogen-bond donors (Lipinski definition) is 1. The highest BCUT2D eigenvalue weighted by atomic mass is 19.3. The minimum absolute atomic E-state index is 0.0916. The zero-order valence-electron chi connectivity index (χ0n) is 21.8. The van der Waals surface area contributed by atoms with Crippen molar-refractivity contribution in [3.8, 4) is 28.7 Å². The van der Waals surface area contributed by atoms with Gasteiger partial charge in [0.15, 0.2) is 23.0 Å². The molecule has 4 aromatic rings. The van der Waals surface area contributed by atoms with Gasteiger partial charge in [-0.2, -0.15) is 13.9 Å². The summed E-state index contributed by atoms with van der Waals surface area (Å²) >= 11 is 0. The number of aryl methyl sites for hydroxylation is 1. The van der Waals surface area contributed by atoms with E-state index in [-0.39, 0.29) is 17.1 Å². The Labute approximate surface area is 224 Å². The Balaban J connectivity index is 1.79. The Hall–Kier alpha value is -4.86. The molecule has 4 rings (SSSR count). The number of methoxy groups -OCH3 is 3. The van der Waals surface area contributed by atoms with E-state index in [9.17, 15) is 13.6 Å². The fourth-order valence-electron chi connectivity index (χ4n) is 3.96. The van der Waals surface area contributed by atoms with Gasteiger partial charge in [0.05, 0.1) is 32.7 Å². The Morgan fingerprint density at radius 3 is 2.21 bits per heavy atom. The lowest BCUT2D eigenvalue weighted by molar-refractivity contribution is -0.111. The van der Waals surface area contributed by atoms with Crippen molar-refractivity contribution in [2.45, 2.75) is 13.5 Å². The zero-order chi connectivity index (χ0) is 27.9. The minimum Gasteiger partial charge on any atom is -0.493 e. The third kappa shape index (κ3) is 6.35. The van der Waals surface area contributed by atoms with Gasteiger partial charge >= 0.3 is 6.61 Å². The molecular weight excluding hydrogens is 508 g/mol. The highest BCUT2D eigenvalue weighted by Gasteiger charge is 2.19. The van der Waals surface area contributed by atoms with Crippen molar-refractivity contribution < 1.29 is 32.5 Å². The summed E-state index contributed by atoms with van der Waals surface area (Å²) in [5.74, 6) is 0.920. The summed E-state index contributed by atoms with van der Waals surface area (Å²) in [6.45, 7) is -1.18. The fraction of sp³-hybridized carbons (Fsp3) is 0.172. The average molecular weight is 536 g/mol. The number of aromatic nitrogens is 2. The number of amides is 1. The van der Waals surface area contributed by atoms with Crippen LogP contribution in [0.1, 0.15) is 16.8 Å². The molecule has 0 radical (unpaired) electrons. The molecule has 0 saturated heterocycles. The first-order chi connectivity index (χ1) is 18.8. The van der Waals surface area contributed by atoms with Crippen molar-refractivity contribution >= 4 is 23.4 Å². The lowest BCUT2D eigenvalue weighted by Gasteiger charge is -2.14. The Morgan fingerprint density at radius 2 is 1.54 bits per heavy atom. The predicted octanol–water partition coefficient (Wildman–Crippen LogP) is 5.99. The second-order valence-corrected chi connectivity index (χ2v) is 8.29. The summed E-state index contributed by atoms with van der Waals surface area (Å²) in [4.78, 5) is 13.8. The van der Waals surface area contributed by atoms with Gasteiger partial charge in [0, 0.05) is 11.6 Å². The highest BCUT2D eigenvalue weighted by Crippen LogP contribution is 2.34. The van der Waals surface area contributed by atoms with E-state index in [1.807, 2.05) is 37.3 Å². The molecule has 39 heavy (non-hydrogen) atoms. The summed E-state index contributed by atoms with van der Waals surface area (Å²) in [5, 5.41) is 7.46. The Bertz CT molecular complexity index is 1490. The van der Waals surface area contributed by atoms with Crippen molar-refractivity contribution in [3.05, 3.63) is 89.6 Å². The molecule has 1 N–H and O–H groups in total. The first-order valence-corrected chi connectivity index (χ1v) is 11.8. The van der Waals surface area contributed by atoms with Crippen molar-refractivity contribution in [1.82, 2.24) is 9.78 Å². The third-order valence-corrected chi connectivity index (χ3v) is 5.73. The number of nitrogens with one attached hydrogen (secondary N) is 1. The number of ether oxygens (including phenoxy) is 4. The smallest absolute Gasteiger partial charge is 0.387 e. The van der Waals surface area contributed by atoms with Crippen molar-refractivity contribution in [2.24, 2.45) is 0 Å². The molecule has 10 heteroatoms. The Morgan fingerprint density at radius 1 is 0.872 bits per heavy atom. The van der Waals surface area contributed by atoms with Crippen LogP contribution >= 0.6 is 0 Å². The van der Waals surface area contributed by atoms with Gasteiger partial charge in [-0.3, -0.25) is 4.79 Å². The molecule has 0 fully saturated rings. The number of hydrogen-bond acceptors (Lipinski definition) is 6. The predicted molar refractivity (Wildman–Crippen MR) is 144 cm³/mol. The summed E-state index contributed by atoms with van der Waals surface area (Å²) < 4.78 is 47.8. The average Bonchev–Trinajstić information content (AvgIpc) is 3.31. The lowest BCUT2D eigenvalue weighted by atomic mass is 10.0. The summed E-state index contributed by atoms with van der Waals surface area (Å²) in [6.07, 6.45) is 1.61. The molecule has 0 saturated carbocycles. The van der Waals surface area contributed by atoms with Crippen molar-refractivity contribution in [1.29, 1.82) is 0 Å². The maximum Gasteiger partial charge on any atom is 0.387 e. The van der Waals surface area contributed by atoms with E-state index in [0.717, 1.165) is 5.69 Å². The van der Waals surface area contributed by atoms with Gasteiger partial charge in [0.25, 0.3) is 5.91 Å². The third-order valence-electron chi connectivity index (χ3n) is 5.73. The second kappa shape index (κ2) is 12.1. The van der Waals surface area contributed by atoms with Gasteiger partial charge in [-0.1, -0.05) is 30.3 Å². The molecule has 202 valence electrons. The molecule has 8 nitrogen and oxygen atoms in total. The number of anilines is 1. The van der Waals surface area contributed by atoms with E-state index in [2.05, 4.69) is 15.2 Å². The molecule has 1 amide bonds. The van der Waals surface area contributed by atoms with Gasteiger partial charge in [-0.15, -0.1) is 0 Å². The molecule has 0 unspecified atom stereocenters. The standard InChI is InChI=1S/C29H27F2N3O5/c1-18-14-27(34(33-18)21-8-6-5-7-9-21)32-28(35)22(20-11-13-23(36-2)26(17-20)38-4)15-19-10-12-24(39-29(30)31)25(16-19)37-3/h5-17,29H,1-4H3,(H,32,35)/b22-15+. The highest BCUT2D eigenvalue weighted by molar-refractivity contribution is 6.29. The van der Waals surface area contributed by atoms with E-state index in [0.29, 0.717) is 34.1 Å². The fourth-order valence-corrected chi connectivity index (χ4v) is 3.96. The van der Waals surface area contributed by atoms with E-state index in [1.54, 1.807) is 41.1 Å². The largest absolute Gasteiger partial charge is 0.493 e. The quantitative estimate of drug-likeness (QED) is 0.199. The zero-order valence-corrected chi connectivity index (χ0v) is 21.8. The van der Waals surface area contributed by atoms with Gasteiger partial charge < -0.3 is 24.3 Å². The number of rotatable bonds is 10. The van der Waals surface area contributed by atoms with Crippen LogP contribution in [0.15, 0.2) is 72.8 Å². The van der Waals surface area contributed by atoms with Crippen LogP contribution in [0.4, 0.5) is 14.6 Å². The molecule has 0 bridgehead atoms. The number of halogens is 2. The van der Waals surface area contributed by atoms with Crippen LogP contribution in [0.25, 0.3) is 17.3 Å². The van der Waals surface area contributed by atoms with Crippen LogP contribution in [-0.4, -0.2) is 43.6 Å². The lowest BCUT2D eigenvalue weighted by Crippen LogP contribution is -2.16. The van der Waals surface area contributed by atoms with E-state index in [1.165, 1.54) is 33.5 Å². The molecule has 0 aliphatic heterocycles. The molecule has 1 heterocycles. The van der Waals surface area contributed by atoms with Gasteiger partial charge in [0.2, 0.25) is 0 Å². The number of nitrogens with zero attached hydrogens (tertiary/aromatic N) is 2. The maximum absolute atomic E-state index is 13.8. The number of alkyl halides is 2. The first-order valence-electron chi connectivity index (χ1n) is 11.8. The van der Waals surface area contributed by atoms with E-state index < -0.39 is 12.5 Å². The molecule has 0 atom stereocenters. The van der Waals surface area contributed by atoms with Crippen LogP contribution in [0.5, 0.6) is 23.0 Å². The van der Waals surface area contributed by atoms with Crippen LogP contribution in [-0.2, 0) is 4.79 Å². The Kier molecular flexibility index (Phi) is 8.45. The van der Waals surface area contributed by atoms with Gasteiger partial charge in [-0.05, 0) is 60.5 Å². The van der Waals surface area contributed by atoms with Crippen LogP contribution in [0.2, 0.25) is 0 Å². The van der Waals surface area contributed by atoms with Crippen LogP contribution in [0.3, 0.4) is 0 Å². The second-order valence-electron chi connectivity index (χ2n) is 8.29. The number of carbonyl (C=O) groups is 1. The number of carbonyl (C=O) groups excluding carboxylic acids is 1. The molecule has 0 aliphatic carbocycles. The molecule has 0 aliphatic rings. The summed E-state index contributed by atoms with van der Waals surface area (Å²) in [5.41, 5.74) is 2.79. The monoisotopic (exact) mass is 535 g/mol. The minimum atomic E-state index is -3.01. The molecule has 0 spiro atoms. The van der Waals surface area contributed by atoms with Crippen LogP contribution in [0, 0.1) is 6.92 Å². The molecular formula is C29H27F2N3O5. The topological polar surface area (TPSA) is 83.8 Å². The number of benzene rings is 3. The molecule has 3 aromatic carbocycles. The number of para-hydroxylation sites is 1. The van der Waals surface area contributed by atoms with Gasteiger partial charge in [0.1, 0.15) is 5.82 Å². The summed E-state index contributed by atoms with van der Waals surface area (Å²) in [6, 6.07) is 20.7. The SMILES string of the molecule is COc1ccc(/C(=C\c2ccc(OC(F)F)c(OC)c2)C(=O)Nc2cc(C)nn2-c2ccccc2)cc1OC. The van der Waals surface area contributed by atoms with Crippen molar-refractivity contribution in [3.63, 3.8) is 0 Å². The first kappa shape index (κ1) is 27.2. The van der Waals surface area contributed by atoms with Gasteiger partial charge in [-0.25, -0.2) is 4.68 Å².